The summed E-state index contributed by atoms with van der Waals surface area (Å²) >= 11 is 0. The van der Waals surface area contributed by atoms with Crippen LogP contribution < -0.4 is 9.64 Å². The van der Waals surface area contributed by atoms with E-state index in [4.69, 9.17) is 9.47 Å². The van der Waals surface area contributed by atoms with Crippen LogP contribution in [0.2, 0.25) is 0 Å². The van der Waals surface area contributed by atoms with Crippen molar-refractivity contribution in [3.05, 3.63) is 29.3 Å². The molecule has 2 rings (SSSR count). The third-order valence-electron chi connectivity index (χ3n) is 4.94. The average Bonchev–Trinajstić information content (AvgIpc) is 2.58. The molecule has 0 saturated carbocycles. The Hall–Kier alpha value is -1.06. The van der Waals surface area contributed by atoms with E-state index in [0.717, 1.165) is 32.0 Å². The fraction of sp³-hybridized carbons (Fsp3) is 0.714. The Balaban J connectivity index is 1.76. The molecule has 0 bridgehead atoms. The summed E-state index contributed by atoms with van der Waals surface area (Å²) in [5.74, 6) is 2.15. The van der Waals surface area contributed by atoms with Crippen LogP contribution in [0.4, 0.5) is 0 Å². The van der Waals surface area contributed by atoms with Gasteiger partial charge < -0.3 is 14.4 Å². The zero-order valence-corrected chi connectivity index (χ0v) is 16.1. The summed E-state index contributed by atoms with van der Waals surface area (Å²) < 4.78 is 11.7. The van der Waals surface area contributed by atoms with Crippen LogP contribution in [0.5, 0.6) is 5.75 Å². The number of para-hydroxylation sites is 1. The summed E-state index contributed by atoms with van der Waals surface area (Å²) in [6.07, 6.45) is 3.69. The minimum absolute atomic E-state index is 0.503. The minimum atomic E-state index is 0.503. The molecule has 1 N–H and O–H groups in total. The van der Waals surface area contributed by atoms with Crippen LogP contribution in [0.3, 0.4) is 0 Å². The van der Waals surface area contributed by atoms with Gasteiger partial charge in [0.1, 0.15) is 18.8 Å². The summed E-state index contributed by atoms with van der Waals surface area (Å²) in [6.45, 7) is 15.3. The third kappa shape index (κ3) is 5.78. The average molecular weight is 335 g/mol. The summed E-state index contributed by atoms with van der Waals surface area (Å²) in [4.78, 5) is 1.70. The van der Waals surface area contributed by atoms with E-state index in [2.05, 4.69) is 45.9 Å². The molecule has 1 aliphatic rings. The SMILES string of the molecule is CC(C)c1cccc(C(C)C)c1OCCCCC[NH+]1CCOCC1. The molecule has 0 atom stereocenters. The zero-order chi connectivity index (χ0) is 17.4. The molecule has 136 valence electrons. The highest BCUT2D eigenvalue weighted by atomic mass is 16.5. The van der Waals surface area contributed by atoms with Crippen molar-refractivity contribution in [3.8, 4) is 5.75 Å². The minimum Gasteiger partial charge on any atom is -0.493 e. The van der Waals surface area contributed by atoms with Gasteiger partial charge in [0.2, 0.25) is 0 Å². The maximum Gasteiger partial charge on any atom is 0.126 e. The van der Waals surface area contributed by atoms with Gasteiger partial charge in [0.05, 0.1) is 26.4 Å². The van der Waals surface area contributed by atoms with Gasteiger partial charge in [0.25, 0.3) is 0 Å². The number of unbranched alkanes of at least 4 members (excludes halogenated alkanes) is 2. The molecular formula is C21H36NO2+. The fourth-order valence-corrected chi connectivity index (χ4v) is 3.39. The highest BCUT2D eigenvalue weighted by molar-refractivity contribution is 5.44. The smallest absolute Gasteiger partial charge is 0.126 e. The Morgan fingerprint density at radius 1 is 0.958 bits per heavy atom. The first-order valence-electron chi connectivity index (χ1n) is 9.76. The Morgan fingerprint density at radius 2 is 1.58 bits per heavy atom. The second-order valence-corrected chi connectivity index (χ2v) is 7.60. The number of quaternary nitrogens is 1. The lowest BCUT2D eigenvalue weighted by Crippen LogP contribution is -3.14. The Kier molecular flexibility index (Phi) is 8.07. The fourth-order valence-electron chi connectivity index (χ4n) is 3.39. The van der Waals surface area contributed by atoms with E-state index >= 15 is 0 Å². The number of ether oxygens (including phenoxy) is 2. The second-order valence-electron chi connectivity index (χ2n) is 7.60. The number of benzene rings is 1. The van der Waals surface area contributed by atoms with Crippen molar-refractivity contribution in [3.63, 3.8) is 0 Å². The van der Waals surface area contributed by atoms with E-state index in [1.54, 1.807) is 4.90 Å². The van der Waals surface area contributed by atoms with Gasteiger partial charge >= 0.3 is 0 Å². The molecular weight excluding hydrogens is 298 g/mol. The van der Waals surface area contributed by atoms with Crippen LogP contribution in [-0.2, 0) is 4.74 Å². The highest BCUT2D eigenvalue weighted by Crippen LogP contribution is 2.34. The summed E-state index contributed by atoms with van der Waals surface area (Å²) in [5, 5.41) is 0. The van der Waals surface area contributed by atoms with Crippen molar-refractivity contribution >= 4 is 0 Å². The maximum absolute atomic E-state index is 6.26. The number of hydrogen-bond acceptors (Lipinski definition) is 2. The number of nitrogens with one attached hydrogen (secondary N) is 1. The van der Waals surface area contributed by atoms with Crippen LogP contribution in [0, 0.1) is 0 Å². The van der Waals surface area contributed by atoms with E-state index in [1.807, 2.05) is 0 Å². The lowest BCUT2D eigenvalue weighted by molar-refractivity contribution is -0.908. The predicted molar refractivity (Wildman–Crippen MR) is 100 cm³/mol. The zero-order valence-electron chi connectivity index (χ0n) is 16.1. The molecule has 24 heavy (non-hydrogen) atoms. The van der Waals surface area contributed by atoms with Crippen molar-refractivity contribution in [2.24, 2.45) is 0 Å². The van der Waals surface area contributed by atoms with Gasteiger partial charge in [-0.3, -0.25) is 0 Å². The van der Waals surface area contributed by atoms with Gasteiger partial charge in [0.15, 0.2) is 0 Å². The van der Waals surface area contributed by atoms with Gasteiger partial charge in [-0.05, 0) is 42.2 Å². The van der Waals surface area contributed by atoms with E-state index in [0.29, 0.717) is 11.8 Å². The molecule has 3 nitrogen and oxygen atoms in total. The maximum atomic E-state index is 6.26. The standard InChI is InChI=1S/C21H35NO2/c1-17(2)19-9-8-10-20(18(3)4)21(19)24-14-7-5-6-11-22-12-15-23-16-13-22/h8-10,17-18H,5-7,11-16H2,1-4H3/p+1. The molecule has 1 saturated heterocycles. The monoisotopic (exact) mass is 334 g/mol. The molecule has 0 aromatic heterocycles. The molecule has 3 heteroatoms. The first kappa shape index (κ1) is 19.3. The lowest BCUT2D eigenvalue weighted by Gasteiger charge is -2.23. The number of morpholine rings is 1. The summed E-state index contributed by atoms with van der Waals surface area (Å²) in [7, 11) is 0. The molecule has 1 aliphatic heterocycles. The Labute approximate surface area is 148 Å². The second kappa shape index (κ2) is 10.0. The third-order valence-corrected chi connectivity index (χ3v) is 4.94. The molecule has 0 spiro atoms. The van der Waals surface area contributed by atoms with Crippen molar-refractivity contribution in [1.29, 1.82) is 0 Å². The van der Waals surface area contributed by atoms with E-state index in [9.17, 15) is 0 Å². The molecule has 1 heterocycles. The van der Waals surface area contributed by atoms with Crippen LogP contribution in [0.1, 0.15) is 69.9 Å². The normalized spacial score (nSPS) is 16.1. The van der Waals surface area contributed by atoms with Crippen molar-refractivity contribution in [1.82, 2.24) is 0 Å². The lowest BCUT2D eigenvalue weighted by atomic mass is 9.94. The molecule has 1 aromatic carbocycles. The molecule has 0 amide bonds. The van der Waals surface area contributed by atoms with E-state index in [1.165, 1.54) is 43.6 Å². The van der Waals surface area contributed by atoms with Gasteiger partial charge in [-0.25, -0.2) is 0 Å². The van der Waals surface area contributed by atoms with Crippen molar-refractivity contribution in [2.75, 3.05) is 39.5 Å². The van der Waals surface area contributed by atoms with Crippen LogP contribution in [0.25, 0.3) is 0 Å². The first-order valence-corrected chi connectivity index (χ1v) is 9.76. The predicted octanol–water partition coefficient (Wildman–Crippen LogP) is 3.40. The van der Waals surface area contributed by atoms with Gasteiger partial charge in [-0.2, -0.15) is 0 Å². The Bertz CT molecular complexity index is 452. The van der Waals surface area contributed by atoms with Gasteiger partial charge in [0, 0.05) is 0 Å². The highest BCUT2D eigenvalue weighted by Gasteiger charge is 2.15. The van der Waals surface area contributed by atoms with Gasteiger partial charge in [-0.15, -0.1) is 0 Å². The summed E-state index contributed by atoms with van der Waals surface area (Å²) in [6, 6.07) is 6.60. The molecule has 1 aromatic rings. The largest absolute Gasteiger partial charge is 0.493 e. The molecule has 0 unspecified atom stereocenters. The van der Waals surface area contributed by atoms with Crippen LogP contribution in [-0.4, -0.2) is 39.5 Å². The van der Waals surface area contributed by atoms with Crippen LogP contribution in [0.15, 0.2) is 18.2 Å². The molecule has 1 fully saturated rings. The van der Waals surface area contributed by atoms with Crippen LogP contribution >= 0.6 is 0 Å². The van der Waals surface area contributed by atoms with Crippen molar-refractivity contribution < 1.29 is 14.4 Å². The molecule has 0 aliphatic carbocycles. The molecule has 0 radical (unpaired) electrons. The van der Waals surface area contributed by atoms with Gasteiger partial charge in [-0.1, -0.05) is 45.9 Å². The Morgan fingerprint density at radius 3 is 2.17 bits per heavy atom. The number of rotatable bonds is 9. The topological polar surface area (TPSA) is 22.9 Å². The van der Waals surface area contributed by atoms with Crippen molar-refractivity contribution in [2.45, 2.75) is 58.8 Å². The number of hydrogen-bond donors (Lipinski definition) is 1. The van der Waals surface area contributed by atoms with E-state index < -0.39 is 0 Å². The quantitative estimate of drug-likeness (QED) is 0.700. The summed E-state index contributed by atoms with van der Waals surface area (Å²) in [5.41, 5.74) is 2.69. The van der Waals surface area contributed by atoms with E-state index in [-0.39, 0.29) is 0 Å². The first-order chi connectivity index (χ1) is 11.6.